The summed E-state index contributed by atoms with van der Waals surface area (Å²) in [6.07, 6.45) is 0.733. The molecule has 0 atom stereocenters. The van der Waals surface area contributed by atoms with Gasteiger partial charge in [0.1, 0.15) is 5.75 Å². The van der Waals surface area contributed by atoms with Crippen LogP contribution in [0.15, 0.2) is 48.5 Å². The maximum absolute atomic E-state index is 12.5. The van der Waals surface area contributed by atoms with Crippen molar-refractivity contribution < 1.29 is 14.3 Å². The summed E-state index contributed by atoms with van der Waals surface area (Å²) in [5.74, 6) is 0.356. The predicted molar refractivity (Wildman–Crippen MR) is 92.5 cm³/mol. The van der Waals surface area contributed by atoms with Crippen LogP contribution < -0.4 is 9.64 Å². The van der Waals surface area contributed by atoms with Crippen molar-refractivity contribution in [1.82, 2.24) is 4.90 Å². The fourth-order valence-corrected chi connectivity index (χ4v) is 2.85. The van der Waals surface area contributed by atoms with Crippen LogP contribution >= 0.6 is 0 Å². The first kappa shape index (κ1) is 16.1. The number of hydrogen-bond acceptors (Lipinski definition) is 4. The number of fused-ring (bicyclic) bond motifs is 1. The third kappa shape index (κ3) is 3.40. The molecule has 1 aliphatic heterocycles. The molecule has 0 N–H and O–H groups in total. The van der Waals surface area contributed by atoms with Crippen molar-refractivity contribution in [3.8, 4) is 5.75 Å². The van der Waals surface area contributed by atoms with E-state index >= 15 is 0 Å². The number of carbonyl (C=O) groups excluding carboxylic acids is 2. The molecule has 0 fully saturated rings. The van der Waals surface area contributed by atoms with Crippen molar-refractivity contribution in [2.24, 2.45) is 0 Å². The third-order valence-corrected chi connectivity index (χ3v) is 4.22. The Bertz CT molecular complexity index is 745. The number of likely N-dealkylation sites (N-methyl/N-ethyl adjacent to an activating group) is 1. The van der Waals surface area contributed by atoms with E-state index in [0.29, 0.717) is 24.4 Å². The molecule has 1 amide bonds. The third-order valence-electron chi connectivity index (χ3n) is 4.22. The molecule has 0 aromatic heterocycles. The molecule has 0 spiro atoms. The van der Waals surface area contributed by atoms with Crippen LogP contribution in [0.25, 0.3) is 0 Å². The molecular weight excluding hydrogens is 304 g/mol. The number of para-hydroxylation sites is 2. The molecule has 124 valence electrons. The summed E-state index contributed by atoms with van der Waals surface area (Å²) < 4.78 is 5.56. The quantitative estimate of drug-likeness (QED) is 0.810. The predicted octanol–water partition coefficient (Wildman–Crippen LogP) is 2.36. The summed E-state index contributed by atoms with van der Waals surface area (Å²) in [4.78, 5) is 27.5. The van der Waals surface area contributed by atoms with Crippen molar-refractivity contribution in [2.75, 3.05) is 31.6 Å². The van der Waals surface area contributed by atoms with Crippen molar-refractivity contribution in [3.63, 3.8) is 0 Å². The first-order valence-corrected chi connectivity index (χ1v) is 7.93. The Kier molecular flexibility index (Phi) is 4.79. The molecule has 0 saturated heterocycles. The normalized spacial score (nSPS) is 13.9. The van der Waals surface area contributed by atoms with Crippen molar-refractivity contribution in [3.05, 3.63) is 59.7 Å². The van der Waals surface area contributed by atoms with Gasteiger partial charge >= 0.3 is 0 Å². The Balaban J connectivity index is 1.68. The maximum atomic E-state index is 12.5. The summed E-state index contributed by atoms with van der Waals surface area (Å²) in [5.41, 5.74) is 2.73. The molecule has 5 nitrogen and oxygen atoms in total. The van der Waals surface area contributed by atoms with Crippen LogP contribution in [0.2, 0.25) is 0 Å². The first-order chi connectivity index (χ1) is 11.7. The van der Waals surface area contributed by atoms with Gasteiger partial charge in [0.15, 0.2) is 12.9 Å². The van der Waals surface area contributed by atoms with Gasteiger partial charge in [-0.2, -0.15) is 0 Å². The minimum atomic E-state index is -0.0826. The maximum Gasteiger partial charge on any atom is 0.260 e. The van der Waals surface area contributed by atoms with Crippen LogP contribution in [-0.2, 0) is 11.3 Å². The van der Waals surface area contributed by atoms with Crippen LogP contribution in [0.1, 0.15) is 15.9 Å². The van der Waals surface area contributed by atoms with Crippen LogP contribution in [-0.4, -0.2) is 43.8 Å². The van der Waals surface area contributed by atoms with E-state index in [2.05, 4.69) is 11.0 Å². The first-order valence-electron chi connectivity index (χ1n) is 7.93. The average Bonchev–Trinajstić information content (AvgIpc) is 2.79. The molecule has 1 heterocycles. The average molecular weight is 324 g/mol. The second-order valence-corrected chi connectivity index (χ2v) is 5.81. The van der Waals surface area contributed by atoms with Gasteiger partial charge in [0.2, 0.25) is 0 Å². The zero-order valence-electron chi connectivity index (χ0n) is 13.6. The van der Waals surface area contributed by atoms with Crippen LogP contribution in [0.5, 0.6) is 5.75 Å². The topological polar surface area (TPSA) is 49.9 Å². The number of amides is 1. The van der Waals surface area contributed by atoms with Gasteiger partial charge in [-0.05, 0) is 23.8 Å². The summed E-state index contributed by atoms with van der Waals surface area (Å²) in [6, 6.07) is 15.0. The molecule has 0 saturated carbocycles. The van der Waals surface area contributed by atoms with E-state index in [9.17, 15) is 9.59 Å². The van der Waals surface area contributed by atoms with Gasteiger partial charge in [0.25, 0.3) is 5.91 Å². The standard InChI is InChI=1S/C19H20N2O3/c1-20-10-11-21(12-15-6-2-4-8-17(15)20)19(23)14-24-18-9-5-3-7-16(18)13-22/h2-9,13H,10-12,14H2,1H3. The molecule has 24 heavy (non-hydrogen) atoms. The van der Waals surface area contributed by atoms with Crippen LogP contribution in [0, 0.1) is 0 Å². The van der Waals surface area contributed by atoms with E-state index in [1.165, 1.54) is 0 Å². The van der Waals surface area contributed by atoms with Gasteiger partial charge < -0.3 is 14.5 Å². The fraction of sp³-hybridized carbons (Fsp3) is 0.263. The minimum absolute atomic E-state index is 0.0727. The van der Waals surface area contributed by atoms with E-state index in [1.54, 1.807) is 29.2 Å². The van der Waals surface area contributed by atoms with E-state index in [0.717, 1.165) is 24.1 Å². The minimum Gasteiger partial charge on any atom is -0.483 e. The van der Waals surface area contributed by atoms with Gasteiger partial charge in [-0.15, -0.1) is 0 Å². The zero-order chi connectivity index (χ0) is 16.9. The smallest absolute Gasteiger partial charge is 0.260 e. The Morgan fingerprint density at radius 2 is 1.88 bits per heavy atom. The molecule has 3 rings (SSSR count). The van der Waals surface area contributed by atoms with E-state index in [1.807, 2.05) is 25.2 Å². The lowest BCUT2D eigenvalue weighted by Gasteiger charge is -2.21. The number of anilines is 1. The summed E-state index contributed by atoms with van der Waals surface area (Å²) in [6.45, 7) is 1.91. The highest BCUT2D eigenvalue weighted by Gasteiger charge is 2.21. The number of nitrogens with zero attached hydrogens (tertiary/aromatic N) is 2. The molecule has 2 aromatic rings. The van der Waals surface area contributed by atoms with Gasteiger partial charge in [-0.1, -0.05) is 30.3 Å². The number of ether oxygens (including phenoxy) is 1. The number of benzene rings is 2. The second-order valence-electron chi connectivity index (χ2n) is 5.81. The highest BCUT2D eigenvalue weighted by Crippen LogP contribution is 2.24. The SMILES string of the molecule is CN1CCN(C(=O)COc2ccccc2C=O)Cc2ccccc21. The highest BCUT2D eigenvalue weighted by atomic mass is 16.5. The van der Waals surface area contributed by atoms with E-state index in [-0.39, 0.29) is 12.5 Å². The Morgan fingerprint density at radius 3 is 2.71 bits per heavy atom. The van der Waals surface area contributed by atoms with E-state index in [4.69, 9.17) is 4.74 Å². The Hall–Kier alpha value is -2.82. The summed E-state index contributed by atoms with van der Waals surface area (Å²) >= 11 is 0. The highest BCUT2D eigenvalue weighted by molar-refractivity contribution is 5.81. The molecule has 5 heteroatoms. The second kappa shape index (κ2) is 7.17. The lowest BCUT2D eigenvalue weighted by atomic mass is 10.1. The molecule has 0 aliphatic carbocycles. The lowest BCUT2D eigenvalue weighted by Crippen LogP contribution is -2.37. The summed E-state index contributed by atoms with van der Waals surface area (Å²) in [5, 5.41) is 0. The number of rotatable bonds is 4. The molecule has 1 aliphatic rings. The van der Waals surface area contributed by atoms with Crippen molar-refractivity contribution >= 4 is 17.9 Å². The Labute approximate surface area is 141 Å². The van der Waals surface area contributed by atoms with Crippen molar-refractivity contribution in [1.29, 1.82) is 0 Å². The van der Waals surface area contributed by atoms with Gasteiger partial charge in [0.05, 0.1) is 5.56 Å². The van der Waals surface area contributed by atoms with Gasteiger partial charge in [-0.3, -0.25) is 9.59 Å². The molecule has 2 aromatic carbocycles. The molecule has 0 unspecified atom stereocenters. The summed E-state index contributed by atoms with van der Waals surface area (Å²) in [7, 11) is 2.03. The molecule has 0 bridgehead atoms. The van der Waals surface area contributed by atoms with Crippen LogP contribution in [0.3, 0.4) is 0 Å². The largest absolute Gasteiger partial charge is 0.483 e. The number of aldehydes is 1. The zero-order valence-corrected chi connectivity index (χ0v) is 13.6. The number of hydrogen-bond donors (Lipinski definition) is 0. The van der Waals surface area contributed by atoms with Crippen LogP contribution in [0.4, 0.5) is 5.69 Å². The lowest BCUT2D eigenvalue weighted by molar-refractivity contribution is -0.133. The molecular formula is C19H20N2O3. The van der Waals surface area contributed by atoms with E-state index < -0.39 is 0 Å². The van der Waals surface area contributed by atoms with Gasteiger partial charge in [-0.25, -0.2) is 0 Å². The Morgan fingerprint density at radius 1 is 1.12 bits per heavy atom. The fourth-order valence-electron chi connectivity index (χ4n) is 2.85. The van der Waals surface area contributed by atoms with Gasteiger partial charge in [0, 0.05) is 32.4 Å². The number of carbonyl (C=O) groups is 2. The monoisotopic (exact) mass is 324 g/mol. The molecule has 0 radical (unpaired) electrons. The van der Waals surface area contributed by atoms with Crippen molar-refractivity contribution in [2.45, 2.75) is 6.54 Å².